The lowest BCUT2D eigenvalue weighted by Crippen LogP contribution is -2.53. The predicted molar refractivity (Wildman–Crippen MR) is 78.3 cm³/mol. The number of nitrogen functional groups attached to an aromatic ring is 1. The molecule has 0 bridgehead atoms. The molecule has 2 fully saturated rings. The van der Waals surface area contributed by atoms with E-state index in [9.17, 15) is 5.11 Å². The van der Waals surface area contributed by atoms with Crippen molar-refractivity contribution < 1.29 is 5.11 Å². The lowest BCUT2D eigenvalue weighted by atomic mass is 9.71. The van der Waals surface area contributed by atoms with Crippen molar-refractivity contribution in [2.24, 2.45) is 11.8 Å². The van der Waals surface area contributed by atoms with Crippen molar-refractivity contribution in [3.8, 4) is 0 Å². The molecule has 0 amide bonds. The first kappa shape index (κ1) is 13.6. The molecule has 2 atom stereocenters. The number of anilines is 2. The minimum absolute atomic E-state index is 0.355. The van der Waals surface area contributed by atoms with Gasteiger partial charge in [-0.05, 0) is 26.2 Å². The quantitative estimate of drug-likeness (QED) is 0.556. The van der Waals surface area contributed by atoms with Crippen LogP contribution < -0.4 is 16.2 Å². The molecule has 4 N–H and O–H groups in total. The van der Waals surface area contributed by atoms with Gasteiger partial charge in [0.2, 0.25) is 5.95 Å². The van der Waals surface area contributed by atoms with Crippen molar-refractivity contribution in [1.29, 1.82) is 0 Å². The Hall–Kier alpha value is -1.40. The third kappa shape index (κ3) is 2.33. The van der Waals surface area contributed by atoms with E-state index in [0.29, 0.717) is 11.9 Å². The van der Waals surface area contributed by atoms with E-state index in [0.717, 1.165) is 50.2 Å². The van der Waals surface area contributed by atoms with Crippen LogP contribution in [0, 0.1) is 12.8 Å². The maximum atomic E-state index is 10.7. The average Bonchev–Trinajstić information content (AvgIpc) is 2.47. The maximum Gasteiger partial charge on any atom is 0.239 e. The van der Waals surface area contributed by atoms with Crippen molar-refractivity contribution in [2.75, 3.05) is 23.4 Å². The van der Waals surface area contributed by atoms with Gasteiger partial charge in [0.25, 0.3) is 0 Å². The first-order chi connectivity index (χ1) is 9.62. The molecule has 1 aliphatic heterocycles. The SMILES string of the molecule is Cc1cnc(NN)nc1N1CCC2(O)CCCCC2C1. The van der Waals surface area contributed by atoms with E-state index < -0.39 is 5.60 Å². The number of hydrogen-bond acceptors (Lipinski definition) is 6. The summed E-state index contributed by atoms with van der Waals surface area (Å²) in [6.07, 6.45) is 7.05. The Kier molecular flexibility index (Phi) is 3.52. The summed E-state index contributed by atoms with van der Waals surface area (Å²) < 4.78 is 0. The number of hydrazine groups is 1. The molecule has 2 aliphatic rings. The Morgan fingerprint density at radius 1 is 1.45 bits per heavy atom. The van der Waals surface area contributed by atoms with Gasteiger partial charge < -0.3 is 10.0 Å². The zero-order valence-corrected chi connectivity index (χ0v) is 12.0. The third-order valence-electron chi connectivity index (χ3n) is 4.80. The second-order valence-corrected chi connectivity index (χ2v) is 6.09. The number of aliphatic hydroxyl groups is 1. The highest BCUT2D eigenvalue weighted by Crippen LogP contribution is 2.40. The summed E-state index contributed by atoms with van der Waals surface area (Å²) in [6.45, 7) is 3.73. The molecule has 2 heterocycles. The molecule has 1 aromatic rings. The fourth-order valence-corrected chi connectivity index (χ4v) is 3.59. The minimum atomic E-state index is -0.454. The number of aryl methyl sites for hydroxylation is 1. The van der Waals surface area contributed by atoms with Crippen LogP contribution in [-0.2, 0) is 0 Å². The molecule has 1 saturated heterocycles. The number of nitrogens with one attached hydrogen (secondary N) is 1. The van der Waals surface area contributed by atoms with Gasteiger partial charge in [-0.1, -0.05) is 12.8 Å². The first-order valence-corrected chi connectivity index (χ1v) is 7.40. The third-order valence-corrected chi connectivity index (χ3v) is 4.80. The second kappa shape index (κ2) is 5.18. The van der Waals surface area contributed by atoms with E-state index in [1.54, 1.807) is 6.20 Å². The Balaban J connectivity index is 1.82. The van der Waals surface area contributed by atoms with E-state index in [2.05, 4.69) is 20.3 Å². The fourth-order valence-electron chi connectivity index (χ4n) is 3.59. The minimum Gasteiger partial charge on any atom is -0.389 e. The topological polar surface area (TPSA) is 87.3 Å². The zero-order valence-electron chi connectivity index (χ0n) is 12.0. The van der Waals surface area contributed by atoms with Gasteiger partial charge >= 0.3 is 0 Å². The number of piperidine rings is 1. The van der Waals surface area contributed by atoms with E-state index in [1.165, 1.54) is 6.42 Å². The largest absolute Gasteiger partial charge is 0.389 e. The number of fused-ring (bicyclic) bond motifs is 1. The summed E-state index contributed by atoms with van der Waals surface area (Å²) in [5, 5.41) is 10.7. The molecular weight excluding hydrogens is 254 g/mol. The van der Waals surface area contributed by atoms with E-state index in [-0.39, 0.29) is 0 Å². The van der Waals surface area contributed by atoms with Crippen LogP contribution in [0.5, 0.6) is 0 Å². The van der Waals surface area contributed by atoms with Crippen LogP contribution in [0.25, 0.3) is 0 Å². The van der Waals surface area contributed by atoms with Gasteiger partial charge in [-0.3, -0.25) is 5.43 Å². The summed E-state index contributed by atoms with van der Waals surface area (Å²) >= 11 is 0. The highest BCUT2D eigenvalue weighted by molar-refractivity contribution is 5.49. The van der Waals surface area contributed by atoms with Gasteiger partial charge in [-0.2, -0.15) is 4.98 Å². The molecule has 6 nitrogen and oxygen atoms in total. The van der Waals surface area contributed by atoms with Gasteiger partial charge in [-0.15, -0.1) is 0 Å². The number of hydrogen-bond donors (Lipinski definition) is 3. The number of nitrogens with zero attached hydrogens (tertiary/aromatic N) is 3. The Morgan fingerprint density at radius 2 is 2.30 bits per heavy atom. The van der Waals surface area contributed by atoms with Crippen LogP contribution >= 0.6 is 0 Å². The first-order valence-electron chi connectivity index (χ1n) is 7.40. The monoisotopic (exact) mass is 277 g/mol. The normalized spacial score (nSPS) is 29.9. The van der Waals surface area contributed by atoms with Crippen LogP contribution in [0.2, 0.25) is 0 Å². The smallest absolute Gasteiger partial charge is 0.239 e. The molecular formula is C14H23N5O. The van der Waals surface area contributed by atoms with Gasteiger partial charge in [0, 0.05) is 30.8 Å². The van der Waals surface area contributed by atoms with Crippen molar-refractivity contribution in [2.45, 2.75) is 44.6 Å². The molecule has 0 spiro atoms. The van der Waals surface area contributed by atoms with Crippen LogP contribution in [-0.4, -0.2) is 33.8 Å². The van der Waals surface area contributed by atoms with Gasteiger partial charge in [-0.25, -0.2) is 10.8 Å². The van der Waals surface area contributed by atoms with E-state index in [4.69, 9.17) is 5.84 Å². The molecule has 1 saturated carbocycles. The van der Waals surface area contributed by atoms with E-state index in [1.807, 2.05) is 6.92 Å². The lowest BCUT2D eigenvalue weighted by molar-refractivity contribution is -0.0613. The summed E-state index contributed by atoms with van der Waals surface area (Å²) in [5.41, 5.74) is 3.09. The highest BCUT2D eigenvalue weighted by Gasteiger charge is 2.43. The van der Waals surface area contributed by atoms with Crippen LogP contribution in [0.15, 0.2) is 6.20 Å². The summed E-state index contributed by atoms with van der Waals surface area (Å²) in [6, 6.07) is 0. The van der Waals surface area contributed by atoms with Gasteiger partial charge in [0.15, 0.2) is 0 Å². The molecule has 0 radical (unpaired) electrons. The van der Waals surface area contributed by atoms with Crippen molar-refractivity contribution in [1.82, 2.24) is 9.97 Å². The van der Waals surface area contributed by atoms with Gasteiger partial charge in [0.05, 0.1) is 5.60 Å². The Morgan fingerprint density at radius 3 is 3.10 bits per heavy atom. The maximum absolute atomic E-state index is 10.7. The summed E-state index contributed by atoms with van der Waals surface area (Å²) in [7, 11) is 0. The van der Waals surface area contributed by atoms with Gasteiger partial charge in [0.1, 0.15) is 5.82 Å². The standard InChI is InChI=1S/C14H23N5O/c1-10-8-16-13(18-15)17-12(10)19-7-6-14(20)5-3-2-4-11(14)9-19/h8,11,20H,2-7,9,15H2,1H3,(H,16,17,18). The molecule has 1 aliphatic carbocycles. The second-order valence-electron chi connectivity index (χ2n) is 6.09. The molecule has 0 aromatic carbocycles. The van der Waals surface area contributed by atoms with Crippen molar-refractivity contribution in [3.63, 3.8) is 0 Å². The average molecular weight is 277 g/mol. The van der Waals surface area contributed by atoms with E-state index >= 15 is 0 Å². The highest BCUT2D eigenvalue weighted by atomic mass is 16.3. The molecule has 3 rings (SSSR count). The Labute approximate surface area is 119 Å². The van der Waals surface area contributed by atoms with Crippen LogP contribution in [0.4, 0.5) is 11.8 Å². The van der Waals surface area contributed by atoms with Crippen LogP contribution in [0.3, 0.4) is 0 Å². The van der Waals surface area contributed by atoms with Crippen molar-refractivity contribution >= 4 is 11.8 Å². The predicted octanol–water partition coefficient (Wildman–Crippen LogP) is 1.20. The fraction of sp³-hybridized carbons (Fsp3) is 0.714. The number of aromatic nitrogens is 2. The molecule has 2 unspecified atom stereocenters. The summed E-state index contributed by atoms with van der Waals surface area (Å²) in [4.78, 5) is 10.9. The molecule has 110 valence electrons. The Bertz CT molecular complexity index is 494. The zero-order chi connectivity index (χ0) is 14.2. The molecule has 20 heavy (non-hydrogen) atoms. The molecule has 6 heteroatoms. The number of nitrogens with two attached hydrogens (primary N) is 1. The van der Waals surface area contributed by atoms with Crippen LogP contribution in [0.1, 0.15) is 37.7 Å². The lowest BCUT2D eigenvalue weighted by Gasteiger charge is -2.48. The van der Waals surface area contributed by atoms with Crippen molar-refractivity contribution in [3.05, 3.63) is 11.8 Å². The summed E-state index contributed by atoms with van der Waals surface area (Å²) in [5.74, 6) is 7.12. The molecule has 1 aromatic heterocycles. The number of rotatable bonds is 2.